The normalized spacial score (nSPS) is 19.0. The molecule has 306 valence electrons. The van der Waals surface area contributed by atoms with Gasteiger partial charge in [-0.1, -0.05) is 98.0 Å². The van der Waals surface area contributed by atoms with Crippen LogP contribution in [-0.2, 0) is 44.6 Å². The molecule has 0 saturated carbocycles. The fraction of sp³-hybridized carbons (Fsp3) is 0.725. The molecule has 14 heteroatoms. The Labute approximate surface area is 329 Å². The largest absolute Gasteiger partial charge is 0.467 e. The first-order valence-corrected chi connectivity index (χ1v) is 19.6. The number of thiol groups is 1. The van der Waals surface area contributed by atoms with Crippen LogP contribution in [0.15, 0.2) is 30.3 Å². The zero-order valence-electron chi connectivity index (χ0n) is 34.5. The minimum atomic E-state index is -0.893. The molecule has 1 aromatic rings. The standard InChI is InChI=1S/C40H67N5O8S/c1-13-26(6)35(43(8)39(49)33(24(2)3)42-38(48)34(25(4)5)44(9)54)31(51-10)23-32(46)45-21-17-20-30(45)36(52-11)27(7)37(47)41-29(40(50)53-12)22-28-18-15-14-16-19-28/h14-16,18-19,24-27,29-31,33-36,54H,13,17,20-23H2,1-12H3,(H,41,47)(H,42,48)/t26-,27?,29-,30?,31?,33-,34-,35?,36+/m0/s1. The molecule has 0 spiro atoms. The van der Waals surface area contributed by atoms with Crippen LogP contribution in [0.5, 0.6) is 0 Å². The smallest absolute Gasteiger partial charge is 0.328 e. The predicted octanol–water partition coefficient (Wildman–Crippen LogP) is 3.75. The Morgan fingerprint density at radius 1 is 0.907 bits per heavy atom. The molecule has 9 atom stereocenters. The highest BCUT2D eigenvalue weighted by Crippen LogP contribution is 2.30. The molecule has 0 bridgehead atoms. The zero-order valence-corrected chi connectivity index (χ0v) is 35.4. The molecule has 1 aliphatic heterocycles. The molecule has 54 heavy (non-hydrogen) atoms. The second kappa shape index (κ2) is 22.4. The van der Waals surface area contributed by atoms with E-state index in [0.717, 1.165) is 18.4 Å². The van der Waals surface area contributed by atoms with Crippen LogP contribution in [0.3, 0.4) is 0 Å². The number of amides is 4. The molecular weight excluding hydrogens is 711 g/mol. The lowest BCUT2D eigenvalue weighted by Gasteiger charge is -2.41. The average Bonchev–Trinajstić information content (AvgIpc) is 3.62. The number of carbonyl (C=O) groups is 5. The maximum atomic E-state index is 14.2. The van der Waals surface area contributed by atoms with Crippen LogP contribution in [0, 0.1) is 23.7 Å². The topological polar surface area (TPSA) is 147 Å². The first kappa shape index (κ1) is 47.0. The summed E-state index contributed by atoms with van der Waals surface area (Å²) in [7, 11) is 7.78. The molecule has 1 aliphatic rings. The molecular formula is C40H67N5O8S. The lowest BCUT2D eigenvalue weighted by atomic mass is 9.89. The van der Waals surface area contributed by atoms with Crippen LogP contribution in [0.1, 0.15) is 79.7 Å². The number of hydrogen-bond donors (Lipinski definition) is 3. The summed E-state index contributed by atoms with van der Waals surface area (Å²) < 4.78 is 18.5. The van der Waals surface area contributed by atoms with Crippen molar-refractivity contribution in [3.63, 3.8) is 0 Å². The van der Waals surface area contributed by atoms with Crippen molar-refractivity contribution in [1.29, 1.82) is 0 Å². The zero-order chi connectivity index (χ0) is 40.9. The lowest BCUT2D eigenvalue weighted by molar-refractivity contribution is -0.149. The number of ether oxygens (including phenoxy) is 3. The summed E-state index contributed by atoms with van der Waals surface area (Å²) in [6.45, 7) is 13.9. The monoisotopic (exact) mass is 777 g/mol. The SMILES string of the molecule is CC[C@H](C)C(C(CC(=O)N1CCCC1[C@H](OC)C(C)C(=O)N[C@@H](Cc1ccccc1)C(=O)OC)OC)N(C)C(=O)[C@@H](NC(=O)[C@H](C(C)C)N(C)S)C(C)C. The quantitative estimate of drug-likeness (QED) is 0.126. The van der Waals surface area contributed by atoms with Crippen LogP contribution in [0.25, 0.3) is 0 Å². The highest BCUT2D eigenvalue weighted by atomic mass is 32.1. The Morgan fingerprint density at radius 2 is 1.54 bits per heavy atom. The third kappa shape index (κ3) is 12.4. The van der Waals surface area contributed by atoms with Crippen LogP contribution in [0.2, 0.25) is 0 Å². The third-order valence-electron chi connectivity index (χ3n) is 10.9. The summed E-state index contributed by atoms with van der Waals surface area (Å²) in [5.41, 5.74) is 0.873. The highest BCUT2D eigenvalue weighted by Gasteiger charge is 2.43. The van der Waals surface area contributed by atoms with E-state index in [4.69, 9.17) is 14.2 Å². The average molecular weight is 778 g/mol. The lowest BCUT2D eigenvalue weighted by Crippen LogP contribution is -2.59. The summed E-state index contributed by atoms with van der Waals surface area (Å²) in [5.74, 6) is -2.65. The van der Waals surface area contributed by atoms with Gasteiger partial charge in [0.05, 0.1) is 43.7 Å². The van der Waals surface area contributed by atoms with E-state index in [1.165, 1.54) is 14.2 Å². The van der Waals surface area contributed by atoms with Gasteiger partial charge in [-0.2, -0.15) is 0 Å². The number of hydrogen-bond acceptors (Lipinski definition) is 10. The van der Waals surface area contributed by atoms with E-state index >= 15 is 0 Å². The van der Waals surface area contributed by atoms with Crippen molar-refractivity contribution in [1.82, 2.24) is 24.7 Å². The molecule has 0 radical (unpaired) electrons. The van der Waals surface area contributed by atoms with Crippen molar-refractivity contribution in [2.75, 3.05) is 42.0 Å². The van der Waals surface area contributed by atoms with Gasteiger partial charge in [-0.05, 0) is 43.2 Å². The molecule has 2 rings (SSSR count). The number of esters is 1. The molecule has 1 fully saturated rings. The van der Waals surface area contributed by atoms with Crippen molar-refractivity contribution < 1.29 is 38.2 Å². The maximum absolute atomic E-state index is 14.2. The van der Waals surface area contributed by atoms with Crippen molar-refractivity contribution in [2.45, 2.75) is 123 Å². The minimum absolute atomic E-state index is 0.00327. The van der Waals surface area contributed by atoms with Gasteiger partial charge < -0.3 is 34.6 Å². The number of likely N-dealkylation sites (tertiary alicyclic amines) is 1. The van der Waals surface area contributed by atoms with Crippen molar-refractivity contribution >= 4 is 42.4 Å². The second-order valence-corrected chi connectivity index (χ2v) is 16.0. The fourth-order valence-electron chi connectivity index (χ4n) is 7.67. The molecule has 1 heterocycles. The maximum Gasteiger partial charge on any atom is 0.328 e. The van der Waals surface area contributed by atoms with Gasteiger partial charge in [-0.15, -0.1) is 0 Å². The molecule has 0 aromatic heterocycles. The van der Waals surface area contributed by atoms with E-state index in [1.807, 2.05) is 71.9 Å². The number of benzene rings is 1. The number of nitrogens with zero attached hydrogens (tertiary/aromatic N) is 3. The Morgan fingerprint density at radius 3 is 2.04 bits per heavy atom. The summed E-state index contributed by atoms with van der Waals surface area (Å²) in [6.07, 6.45) is 1.03. The Balaban J connectivity index is 2.29. The van der Waals surface area contributed by atoms with Gasteiger partial charge in [0.1, 0.15) is 18.1 Å². The van der Waals surface area contributed by atoms with Crippen molar-refractivity contribution in [3.8, 4) is 0 Å². The highest BCUT2D eigenvalue weighted by molar-refractivity contribution is 7.77. The van der Waals surface area contributed by atoms with E-state index in [2.05, 4.69) is 23.4 Å². The van der Waals surface area contributed by atoms with Gasteiger partial charge in [-0.3, -0.25) is 19.2 Å². The molecule has 0 aliphatic carbocycles. The van der Waals surface area contributed by atoms with E-state index in [9.17, 15) is 24.0 Å². The van der Waals surface area contributed by atoms with Crippen molar-refractivity contribution in [2.24, 2.45) is 23.7 Å². The van der Waals surface area contributed by atoms with E-state index in [1.54, 1.807) is 42.2 Å². The summed E-state index contributed by atoms with van der Waals surface area (Å²) in [5, 5.41) is 5.84. The second-order valence-electron chi connectivity index (χ2n) is 15.4. The van der Waals surface area contributed by atoms with Crippen LogP contribution in [-0.4, -0.2) is 128 Å². The Kier molecular flexibility index (Phi) is 19.5. The Bertz CT molecular complexity index is 1360. The third-order valence-corrected chi connectivity index (χ3v) is 11.1. The molecule has 4 amide bonds. The van der Waals surface area contributed by atoms with Gasteiger partial charge in [0.2, 0.25) is 23.6 Å². The number of rotatable bonds is 21. The van der Waals surface area contributed by atoms with Gasteiger partial charge in [-0.25, -0.2) is 9.10 Å². The van der Waals surface area contributed by atoms with Crippen LogP contribution >= 0.6 is 12.8 Å². The van der Waals surface area contributed by atoms with Gasteiger partial charge >= 0.3 is 5.97 Å². The molecule has 1 saturated heterocycles. The summed E-state index contributed by atoms with van der Waals surface area (Å²) >= 11 is 4.39. The molecule has 2 N–H and O–H groups in total. The molecule has 1 aromatic carbocycles. The molecule has 13 nitrogen and oxygen atoms in total. The predicted molar refractivity (Wildman–Crippen MR) is 212 cm³/mol. The van der Waals surface area contributed by atoms with Gasteiger partial charge in [0.25, 0.3) is 0 Å². The summed E-state index contributed by atoms with van der Waals surface area (Å²) in [6, 6.07) is 6.26. The molecule has 4 unspecified atom stereocenters. The first-order valence-electron chi connectivity index (χ1n) is 19.2. The number of carbonyl (C=O) groups excluding carboxylic acids is 5. The van der Waals surface area contributed by atoms with Crippen LogP contribution < -0.4 is 10.6 Å². The summed E-state index contributed by atoms with van der Waals surface area (Å²) in [4.78, 5) is 71.5. The van der Waals surface area contributed by atoms with E-state index in [-0.39, 0.29) is 54.2 Å². The minimum Gasteiger partial charge on any atom is -0.467 e. The number of likely N-dealkylation sites (N-methyl/N-ethyl adjacent to an activating group) is 2. The first-order chi connectivity index (χ1) is 25.4. The number of nitrogens with one attached hydrogen (secondary N) is 2. The van der Waals surface area contributed by atoms with Gasteiger partial charge in [0, 0.05) is 34.2 Å². The van der Waals surface area contributed by atoms with Gasteiger partial charge in [0.15, 0.2) is 0 Å². The van der Waals surface area contributed by atoms with Crippen molar-refractivity contribution in [3.05, 3.63) is 35.9 Å². The van der Waals surface area contributed by atoms with Crippen LogP contribution in [0.4, 0.5) is 0 Å². The van der Waals surface area contributed by atoms with E-state index < -0.39 is 54.3 Å². The van der Waals surface area contributed by atoms with E-state index in [0.29, 0.717) is 13.0 Å². The Hall–Kier alpha value is -3.20. The number of methoxy groups -OCH3 is 3. The fourth-order valence-corrected chi connectivity index (χ4v) is 8.04.